The van der Waals surface area contributed by atoms with Crippen molar-refractivity contribution in [3.63, 3.8) is 0 Å². The van der Waals surface area contributed by atoms with E-state index in [4.69, 9.17) is 5.73 Å². The van der Waals surface area contributed by atoms with Gasteiger partial charge in [0.15, 0.2) is 0 Å². The number of primary amides is 1. The van der Waals surface area contributed by atoms with Crippen LogP contribution in [0.4, 0.5) is 10.5 Å². The number of amides is 3. The first-order chi connectivity index (χ1) is 8.13. The summed E-state index contributed by atoms with van der Waals surface area (Å²) in [5, 5.41) is 5.16. The van der Waals surface area contributed by atoms with Gasteiger partial charge >= 0.3 is 6.03 Å². The fourth-order valence-corrected chi connectivity index (χ4v) is 1.14. The van der Waals surface area contributed by atoms with Crippen molar-refractivity contribution in [1.82, 2.24) is 5.32 Å². The molecule has 4 N–H and O–H groups in total. The van der Waals surface area contributed by atoms with Crippen LogP contribution in [-0.4, -0.2) is 11.9 Å². The van der Waals surface area contributed by atoms with E-state index in [-0.39, 0.29) is 6.03 Å². The second-order valence-electron chi connectivity index (χ2n) is 3.35. The van der Waals surface area contributed by atoms with E-state index in [1.54, 1.807) is 30.5 Å². The maximum absolute atomic E-state index is 11.3. The summed E-state index contributed by atoms with van der Waals surface area (Å²) in [6.45, 7) is 1.97. The zero-order chi connectivity index (χ0) is 12.7. The van der Waals surface area contributed by atoms with Crippen molar-refractivity contribution in [3.05, 3.63) is 42.1 Å². The topological polar surface area (TPSA) is 84.2 Å². The summed E-state index contributed by atoms with van der Waals surface area (Å²) in [6, 6.07) is 6.01. The van der Waals surface area contributed by atoms with Gasteiger partial charge in [-0.25, -0.2) is 4.79 Å². The summed E-state index contributed by atoms with van der Waals surface area (Å²) in [7, 11) is 0. The zero-order valence-electron chi connectivity index (χ0n) is 9.57. The summed E-state index contributed by atoms with van der Waals surface area (Å²) >= 11 is 0. The highest BCUT2D eigenvalue weighted by atomic mass is 16.2. The highest BCUT2D eigenvalue weighted by Crippen LogP contribution is 2.08. The van der Waals surface area contributed by atoms with Crippen LogP contribution >= 0.6 is 0 Å². The lowest BCUT2D eigenvalue weighted by Crippen LogP contribution is -2.23. The van der Waals surface area contributed by atoms with Gasteiger partial charge in [0.25, 0.3) is 0 Å². The molecule has 5 nitrogen and oxygen atoms in total. The molecule has 0 aliphatic heterocycles. The minimum absolute atomic E-state index is 0.332. The largest absolute Gasteiger partial charge is 0.366 e. The Kier molecular flexibility index (Phi) is 4.75. The molecule has 0 saturated carbocycles. The average molecular weight is 233 g/mol. The third-order valence-electron chi connectivity index (χ3n) is 2.00. The van der Waals surface area contributed by atoms with Crippen molar-refractivity contribution in [1.29, 1.82) is 0 Å². The maximum Gasteiger partial charge on any atom is 0.323 e. The molecule has 17 heavy (non-hydrogen) atoms. The van der Waals surface area contributed by atoms with E-state index in [2.05, 4.69) is 10.6 Å². The number of allylic oxidation sites excluding steroid dienone is 1. The molecule has 1 rings (SSSR count). The molecule has 90 valence electrons. The Morgan fingerprint density at radius 3 is 2.47 bits per heavy atom. The van der Waals surface area contributed by atoms with E-state index in [0.717, 1.165) is 6.42 Å². The lowest BCUT2D eigenvalue weighted by molar-refractivity contribution is 0.100. The predicted octanol–water partition coefficient (Wildman–Crippen LogP) is 1.83. The van der Waals surface area contributed by atoms with Crippen LogP contribution in [0.2, 0.25) is 0 Å². The van der Waals surface area contributed by atoms with Gasteiger partial charge in [-0.15, -0.1) is 0 Å². The molecule has 0 aliphatic rings. The quantitative estimate of drug-likeness (QED) is 0.741. The molecule has 0 saturated heterocycles. The number of nitrogens with two attached hydrogens (primary N) is 1. The molecule has 1 aromatic rings. The lowest BCUT2D eigenvalue weighted by Gasteiger charge is -2.04. The summed E-state index contributed by atoms with van der Waals surface area (Å²) in [6.07, 6.45) is 4.26. The van der Waals surface area contributed by atoms with Crippen LogP contribution < -0.4 is 16.4 Å². The van der Waals surface area contributed by atoms with Gasteiger partial charge < -0.3 is 16.4 Å². The fourth-order valence-electron chi connectivity index (χ4n) is 1.14. The Morgan fingerprint density at radius 1 is 1.29 bits per heavy atom. The van der Waals surface area contributed by atoms with E-state index in [9.17, 15) is 9.59 Å². The molecular formula is C12H15N3O2. The van der Waals surface area contributed by atoms with Crippen molar-refractivity contribution in [2.24, 2.45) is 5.73 Å². The van der Waals surface area contributed by atoms with Crippen molar-refractivity contribution in [2.45, 2.75) is 13.3 Å². The van der Waals surface area contributed by atoms with Crippen LogP contribution in [0.1, 0.15) is 23.7 Å². The maximum atomic E-state index is 11.3. The van der Waals surface area contributed by atoms with Crippen molar-refractivity contribution in [2.75, 3.05) is 5.32 Å². The standard InChI is InChI=1S/C12H15N3O2/c1-2-3-8-14-12(17)15-10-6-4-9(5-7-10)11(13)16/h3-8H,2H2,1H3,(H2,13,16)(H2,14,15,17)/b8-3+. The highest BCUT2D eigenvalue weighted by molar-refractivity contribution is 5.94. The number of rotatable bonds is 4. The molecule has 5 heteroatoms. The van der Waals surface area contributed by atoms with Gasteiger partial charge in [-0.05, 0) is 30.7 Å². The summed E-state index contributed by atoms with van der Waals surface area (Å²) in [5.74, 6) is -0.494. The van der Waals surface area contributed by atoms with Crippen LogP contribution in [-0.2, 0) is 0 Å². The number of carbonyl (C=O) groups excluding carboxylic acids is 2. The number of hydrogen-bond donors (Lipinski definition) is 3. The molecule has 0 atom stereocenters. The smallest absolute Gasteiger partial charge is 0.323 e. The molecule has 0 aromatic heterocycles. The second kappa shape index (κ2) is 6.32. The van der Waals surface area contributed by atoms with Gasteiger partial charge in [0.2, 0.25) is 5.91 Å². The molecule has 1 aromatic carbocycles. The van der Waals surface area contributed by atoms with Crippen LogP contribution in [0.5, 0.6) is 0 Å². The van der Waals surface area contributed by atoms with E-state index in [0.29, 0.717) is 11.3 Å². The van der Waals surface area contributed by atoms with Crippen LogP contribution in [0.25, 0.3) is 0 Å². The third-order valence-corrected chi connectivity index (χ3v) is 2.00. The zero-order valence-corrected chi connectivity index (χ0v) is 9.57. The first-order valence-corrected chi connectivity index (χ1v) is 5.26. The average Bonchev–Trinajstić information content (AvgIpc) is 2.30. The third kappa shape index (κ3) is 4.38. The van der Waals surface area contributed by atoms with Gasteiger partial charge in [-0.3, -0.25) is 4.79 Å². The van der Waals surface area contributed by atoms with E-state index < -0.39 is 5.91 Å². The fraction of sp³-hybridized carbons (Fsp3) is 0.167. The van der Waals surface area contributed by atoms with Gasteiger partial charge in [0.1, 0.15) is 0 Å². The van der Waals surface area contributed by atoms with Crippen molar-refractivity contribution >= 4 is 17.6 Å². The van der Waals surface area contributed by atoms with Crippen LogP contribution in [0, 0.1) is 0 Å². The molecule has 0 radical (unpaired) electrons. The van der Waals surface area contributed by atoms with Gasteiger partial charge in [-0.2, -0.15) is 0 Å². The second-order valence-corrected chi connectivity index (χ2v) is 3.35. The minimum Gasteiger partial charge on any atom is -0.366 e. The molecule has 3 amide bonds. The monoisotopic (exact) mass is 233 g/mol. The number of hydrogen-bond acceptors (Lipinski definition) is 2. The van der Waals surface area contributed by atoms with Gasteiger partial charge in [0.05, 0.1) is 0 Å². The number of urea groups is 1. The molecule has 0 fully saturated rings. The molecule has 0 unspecified atom stereocenters. The van der Waals surface area contributed by atoms with E-state index in [1.807, 2.05) is 13.0 Å². The Morgan fingerprint density at radius 2 is 1.94 bits per heavy atom. The number of anilines is 1. The molecular weight excluding hydrogens is 218 g/mol. The number of nitrogens with one attached hydrogen (secondary N) is 2. The number of carbonyl (C=O) groups is 2. The van der Waals surface area contributed by atoms with Crippen LogP contribution in [0.15, 0.2) is 36.5 Å². The van der Waals surface area contributed by atoms with Gasteiger partial charge in [0, 0.05) is 17.5 Å². The Labute approximate surface area is 99.7 Å². The molecule has 0 aliphatic carbocycles. The number of benzene rings is 1. The predicted molar refractivity (Wildman–Crippen MR) is 66.5 cm³/mol. The first-order valence-electron chi connectivity index (χ1n) is 5.26. The highest BCUT2D eigenvalue weighted by Gasteiger charge is 2.01. The molecule has 0 heterocycles. The van der Waals surface area contributed by atoms with E-state index in [1.165, 1.54) is 0 Å². The molecule has 0 bridgehead atoms. The molecule has 0 spiro atoms. The summed E-state index contributed by atoms with van der Waals surface area (Å²) in [4.78, 5) is 22.2. The summed E-state index contributed by atoms with van der Waals surface area (Å²) < 4.78 is 0. The minimum atomic E-state index is -0.494. The SMILES string of the molecule is CC/C=C/NC(=O)Nc1ccc(C(N)=O)cc1. The van der Waals surface area contributed by atoms with Crippen LogP contribution in [0.3, 0.4) is 0 Å². The van der Waals surface area contributed by atoms with Crippen molar-refractivity contribution in [3.8, 4) is 0 Å². The lowest BCUT2D eigenvalue weighted by atomic mass is 10.2. The Balaban J connectivity index is 2.54. The first kappa shape index (κ1) is 12.8. The van der Waals surface area contributed by atoms with E-state index >= 15 is 0 Å². The Bertz CT molecular complexity index is 424. The van der Waals surface area contributed by atoms with Gasteiger partial charge in [-0.1, -0.05) is 13.0 Å². The Hall–Kier alpha value is -2.30. The normalized spacial score (nSPS) is 10.2. The summed E-state index contributed by atoms with van der Waals surface area (Å²) in [5.41, 5.74) is 6.10. The van der Waals surface area contributed by atoms with Crippen molar-refractivity contribution < 1.29 is 9.59 Å².